The Labute approximate surface area is 155 Å². The molecule has 0 bridgehead atoms. The molecule has 0 atom stereocenters. The molecule has 0 saturated carbocycles. The molecule has 27 heavy (non-hydrogen) atoms. The number of hydrogen-bond acceptors (Lipinski definition) is 6. The van der Waals surface area contributed by atoms with E-state index in [2.05, 4.69) is 20.1 Å². The van der Waals surface area contributed by atoms with Crippen LogP contribution in [0.1, 0.15) is 35.4 Å². The Morgan fingerprint density at radius 2 is 1.96 bits per heavy atom. The molecule has 3 aromatic rings. The lowest BCUT2D eigenvalue weighted by atomic mass is 10.1. The van der Waals surface area contributed by atoms with Gasteiger partial charge in [0.2, 0.25) is 0 Å². The van der Waals surface area contributed by atoms with Crippen molar-refractivity contribution in [3.05, 3.63) is 30.1 Å². The van der Waals surface area contributed by atoms with Gasteiger partial charge in [0, 0.05) is 19.3 Å². The van der Waals surface area contributed by atoms with Crippen LogP contribution >= 0.6 is 0 Å². The quantitative estimate of drug-likeness (QED) is 0.554. The minimum absolute atomic E-state index is 0.276. The normalized spacial score (nSPS) is 14.5. The number of carbonyl (C=O) groups is 2. The predicted molar refractivity (Wildman–Crippen MR) is 97.1 cm³/mol. The lowest BCUT2D eigenvalue weighted by Crippen LogP contribution is -2.40. The van der Waals surface area contributed by atoms with E-state index in [1.807, 2.05) is 0 Å². The molecule has 0 spiro atoms. The van der Waals surface area contributed by atoms with Crippen LogP contribution < -0.4 is 4.74 Å². The standard InChI is InChI=1S/C18H20N6O3/c1-11-21-10-24(22-11)17-15-14(13(27-2)9-20-17)12(8-19-15)16(25)18(26)23-6-4-3-5-7-23/h8-10,19H,3-7H2,1-2H3. The number of amides is 1. The number of ether oxygens (including phenoxy) is 1. The summed E-state index contributed by atoms with van der Waals surface area (Å²) >= 11 is 0. The molecule has 0 radical (unpaired) electrons. The first kappa shape index (κ1) is 17.2. The number of aromatic nitrogens is 5. The van der Waals surface area contributed by atoms with Crippen molar-refractivity contribution in [3.63, 3.8) is 0 Å². The first-order valence-electron chi connectivity index (χ1n) is 8.86. The van der Waals surface area contributed by atoms with Crippen LogP contribution in [0, 0.1) is 6.92 Å². The van der Waals surface area contributed by atoms with E-state index < -0.39 is 11.7 Å². The second kappa shape index (κ2) is 6.82. The number of rotatable bonds is 4. The zero-order chi connectivity index (χ0) is 19.0. The van der Waals surface area contributed by atoms with Gasteiger partial charge in [-0.05, 0) is 26.2 Å². The molecular weight excluding hydrogens is 348 g/mol. The molecule has 4 rings (SSSR count). The predicted octanol–water partition coefficient (Wildman–Crippen LogP) is 1.66. The molecule has 1 aliphatic heterocycles. The number of piperidine rings is 1. The van der Waals surface area contributed by atoms with Crippen molar-refractivity contribution in [2.24, 2.45) is 0 Å². The highest BCUT2D eigenvalue weighted by atomic mass is 16.5. The summed E-state index contributed by atoms with van der Waals surface area (Å²) in [5.74, 6) is 0.474. The number of pyridine rings is 1. The van der Waals surface area contributed by atoms with Crippen molar-refractivity contribution in [1.82, 2.24) is 29.6 Å². The fourth-order valence-corrected chi connectivity index (χ4v) is 3.42. The van der Waals surface area contributed by atoms with Crippen molar-refractivity contribution in [2.45, 2.75) is 26.2 Å². The smallest absolute Gasteiger partial charge is 0.295 e. The number of aromatic amines is 1. The number of fused-ring (bicyclic) bond motifs is 1. The Balaban J connectivity index is 1.79. The molecule has 4 heterocycles. The Kier molecular flexibility index (Phi) is 4.35. The highest BCUT2D eigenvalue weighted by molar-refractivity contribution is 6.45. The molecule has 3 aromatic heterocycles. The van der Waals surface area contributed by atoms with Crippen LogP contribution in [0.25, 0.3) is 16.7 Å². The van der Waals surface area contributed by atoms with Gasteiger partial charge in [-0.25, -0.2) is 14.6 Å². The molecule has 9 heteroatoms. The number of ketones is 1. The van der Waals surface area contributed by atoms with Gasteiger partial charge in [-0.1, -0.05) is 0 Å². The molecule has 9 nitrogen and oxygen atoms in total. The van der Waals surface area contributed by atoms with Gasteiger partial charge in [-0.2, -0.15) is 5.10 Å². The van der Waals surface area contributed by atoms with Crippen LogP contribution in [0.5, 0.6) is 5.75 Å². The minimum Gasteiger partial charge on any atom is -0.494 e. The maximum atomic E-state index is 12.9. The summed E-state index contributed by atoms with van der Waals surface area (Å²) in [4.78, 5) is 38.8. The number of aryl methyl sites for hydroxylation is 1. The first-order valence-corrected chi connectivity index (χ1v) is 8.86. The van der Waals surface area contributed by atoms with Gasteiger partial charge in [0.1, 0.15) is 17.9 Å². The first-order chi connectivity index (χ1) is 13.1. The molecule has 0 aromatic carbocycles. The molecule has 1 saturated heterocycles. The Hall–Kier alpha value is -3.23. The van der Waals surface area contributed by atoms with E-state index in [4.69, 9.17) is 4.74 Å². The number of H-pyrrole nitrogens is 1. The van der Waals surface area contributed by atoms with Gasteiger partial charge >= 0.3 is 0 Å². The number of Topliss-reactive ketones (excluding diaryl/α,β-unsaturated/α-hetero) is 1. The number of methoxy groups -OCH3 is 1. The second-order valence-corrected chi connectivity index (χ2v) is 6.52. The van der Waals surface area contributed by atoms with Gasteiger partial charge < -0.3 is 14.6 Å². The van der Waals surface area contributed by atoms with Crippen molar-refractivity contribution in [2.75, 3.05) is 20.2 Å². The molecule has 1 amide bonds. The number of carbonyl (C=O) groups excluding carboxylic acids is 2. The lowest BCUT2D eigenvalue weighted by molar-refractivity contribution is -0.127. The average Bonchev–Trinajstić information content (AvgIpc) is 3.33. The minimum atomic E-state index is -0.548. The SMILES string of the molecule is COc1cnc(-n2cnc(C)n2)c2[nH]cc(C(=O)C(=O)N3CCCCC3)c12. The molecule has 1 fully saturated rings. The van der Waals surface area contributed by atoms with Crippen molar-refractivity contribution >= 4 is 22.6 Å². The van der Waals surface area contributed by atoms with Crippen LogP contribution in [0.4, 0.5) is 0 Å². The van der Waals surface area contributed by atoms with E-state index in [-0.39, 0.29) is 5.56 Å². The molecule has 1 aliphatic rings. The number of hydrogen-bond donors (Lipinski definition) is 1. The number of likely N-dealkylation sites (tertiary alicyclic amines) is 1. The molecule has 0 unspecified atom stereocenters. The van der Waals surface area contributed by atoms with Gasteiger partial charge in [0.25, 0.3) is 11.7 Å². The summed E-state index contributed by atoms with van der Waals surface area (Å²) in [6.07, 6.45) is 7.54. The fraction of sp³-hybridized carbons (Fsp3) is 0.389. The number of nitrogens with zero attached hydrogens (tertiary/aromatic N) is 5. The van der Waals surface area contributed by atoms with Crippen LogP contribution in [-0.4, -0.2) is 61.5 Å². The van der Waals surface area contributed by atoms with Gasteiger partial charge in [-0.3, -0.25) is 9.59 Å². The van der Waals surface area contributed by atoms with Crippen LogP contribution in [0.15, 0.2) is 18.7 Å². The molecule has 0 aliphatic carbocycles. The Morgan fingerprint density at radius 3 is 2.63 bits per heavy atom. The molecule has 1 N–H and O–H groups in total. The summed E-state index contributed by atoms with van der Waals surface area (Å²) in [6, 6.07) is 0. The highest BCUT2D eigenvalue weighted by Gasteiger charge is 2.28. The van der Waals surface area contributed by atoms with Crippen LogP contribution in [-0.2, 0) is 4.79 Å². The molecular formula is C18H20N6O3. The average molecular weight is 368 g/mol. The van der Waals surface area contributed by atoms with Gasteiger partial charge in [0.15, 0.2) is 5.82 Å². The van der Waals surface area contributed by atoms with E-state index in [0.717, 1.165) is 19.3 Å². The van der Waals surface area contributed by atoms with E-state index in [0.29, 0.717) is 41.4 Å². The molecule has 140 valence electrons. The van der Waals surface area contributed by atoms with Crippen LogP contribution in [0.2, 0.25) is 0 Å². The van der Waals surface area contributed by atoms with Gasteiger partial charge in [0.05, 0.1) is 29.8 Å². The Morgan fingerprint density at radius 1 is 1.19 bits per heavy atom. The zero-order valence-electron chi connectivity index (χ0n) is 15.2. The van der Waals surface area contributed by atoms with Crippen molar-refractivity contribution in [1.29, 1.82) is 0 Å². The summed E-state index contributed by atoms with van der Waals surface area (Å²) < 4.78 is 6.92. The van der Waals surface area contributed by atoms with E-state index in [1.54, 1.807) is 18.2 Å². The third-order valence-electron chi connectivity index (χ3n) is 4.78. The van der Waals surface area contributed by atoms with Gasteiger partial charge in [-0.15, -0.1) is 0 Å². The highest BCUT2D eigenvalue weighted by Crippen LogP contribution is 2.31. The second-order valence-electron chi connectivity index (χ2n) is 6.52. The number of nitrogens with one attached hydrogen (secondary N) is 1. The van der Waals surface area contributed by atoms with E-state index >= 15 is 0 Å². The summed E-state index contributed by atoms with van der Waals surface area (Å²) in [6.45, 7) is 3.02. The van der Waals surface area contributed by atoms with Crippen LogP contribution in [0.3, 0.4) is 0 Å². The largest absolute Gasteiger partial charge is 0.494 e. The summed E-state index contributed by atoms with van der Waals surface area (Å²) in [7, 11) is 1.50. The Bertz CT molecular complexity index is 1020. The lowest BCUT2D eigenvalue weighted by Gasteiger charge is -2.25. The topological polar surface area (TPSA) is 106 Å². The summed E-state index contributed by atoms with van der Waals surface area (Å²) in [5.41, 5.74) is 0.840. The third-order valence-corrected chi connectivity index (χ3v) is 4.78. The fourth-order valence-electron chi connectivity index (χ4n) is 3.42. The van der Waals surface area contributed by atoms with Crippen molar-refractivity contribution < 1.29 is 14.3 Å². The monoisotopic (exact) mass is 368 g/mol. The maximum Gasteiger partial charge on any atom is 0.295 e. The summed E-state index contributed by atoms with van der Waals surface area (Å²) in [5, 5.41) is 4.79. The van der Waals surface area contributed by atoms with Crippen molar-refractivity contribution in [3.8, 4) is 11.6 Å². The van der Waals surface area contributed by atoms with E-state index in [1.165, 1.54) is 24.2 Å². The van der Waals surface area contributed by atoms with E-state index in [9.17, 15) is 9.59 Å². The zero-order valence-corrected chi connectivity index (χ0v) is 15.2. The third kappa shape index (κ3) is 2.94. The maximum absolute atomic E-state index is 12.9.